The highest BCUT2D eigenvalue weighted by Gasteiger charge is 2.12. The number of anilines is 1. The molecule has 0 atom stereocenters. The number of ether oxygens (including phenoxy) is 1. The molecular formula is C20H17N3O3. The summed E-state index contributed by atoms with van der Waals surface area (Å²) < 4.78 is 5.02. The fourth-order valence-electron chi connectivity index (χ4n) is 2.28. The van der Waals surface area contributed by atoms with E-state index in [-0.39, 0.29) is 12.2 Å². The van der Waals surface area contributed by atoms with Gasteiger partial charge in [-0.3, -0.25) is 4.79 Å². The van der Waals surface area contributed by atoms with Crippen molar-refractivity contribution >= 4 is 17.6 Å². The normalized spacial score (nSPS) is 10.2. The van der Waals surface area contributed by atoms with Crippen molar-refractivity contribution in [1.29, 1.82) is 0 Å². The lowest BCUT2D eigenvalue weighted by atomic mass is 10.2. The second-order valence-corrected chi connectivity index (χ2v) is 5.60. The van der Waals surface area contributed by atoms with E-state index in [1.54, 1.807) is 6.07 Å². The average Bonchev–Trinajstić information content (AvgIpc) is 2.69. The second-order valence-electron chi connectivity index (χ2n) is 5.60. The van der Waals surface area contributed by atoms with Crippen molar-refractivity contribution in [3.05, 3.63) is 78.1 Å². The molecule has 0 saturated heterocycles. The number of benzene rings is 2. The lowest BCUT2D eigenvalue weighted by Crippen LogP contribution is -2.21. The van der Waals surface area contributed by atoms with Crippen molar-refractivity contribution in [3.63, 3.8) is 0 Å². The van der Waals surface area contributed by atoms with Crippen LogP contribution in [0.5, 0.6) is 0 Å². The molecule has 0 spiro atoms. The predicted molar refractivity (Wildman–Crippen MR) is 97.6 cm³/mol. The van der Waals surface area contributed by atoms with Crippen molar-refractivity contribution in [2.24, 2.45) is 0 Å². The predicted octanol–water partition coefficient (Wildman–Crippen LogP) is 3.25. The number of carbonyl (C=O) groups is 2. The van der Waals surface area contributed by atoms with Crippen molar-refractivity contribution in [2.45, 2.75) is 6.92 Å². The van der Waals surface area contributed by atoms with Gasteiger partial charge in [-0.05, 0) is 18.6 Å². The largest absolute Gasteiger partial charge is 0.452 e. The van der Waals surface area contributed by atoms with Gasteiger partial charge >= 0.3 is 5.97 Å². The summed E-state index contributed by atoms with van der Waals surface area (Å²) in [7, 11) is 0. The summed E-state index contributed by atoms with van der Waals surface area (Å²) >= 11 is 0. The van der Waals surface area contributed by atoms with E-state index in [1.807, 2.05) is 55.5 Å². The highest BCUT2D eigenvalue weighted by Crippen LogP contribution is 2.14. The summed E-state index contributed by atoms with van der Waals surface area (Å²) in [5.74, 6) is -0.543. The van der Waals surface area contributed by atoms with Gasteiger partial charge in [0.2, 0.25) is 0 Å². The molecule has 1 N–H and O–H groups in total. The van der Waals surface area contributed by atoms with Crippen LogP contribution < -0.4 is 5.32 Å². The van der Waals surface area contributed by atoms with E-state index in [1.165, 1.54) is 12.4 Å². The van der Waals surface area contributed by atoms with Gasteiger partial charge in [-0.15, -0.1) is 0 Å². The maximum absolute atomic E-state index is 12.0. The third-order valence-corrected chi connectivity index (χ3v) is 3.67. The van der Waals surface area contributed by atoms with Crippen molar-refractivity contribution in [1.82, 2.24) is 9.97 Å². The summed E-state index contributed by atoms with van der Waals surface area (Å²) in [6.45, 7) is 1.50. The standard InChI is InChI=1S/C20H17N3O3/c1-14-7-5-6-10-17(14)23-18(24)13-26-20(25)16-11-21-19(22-12-16)15-8-3-2-4-9-15/h2-12H,13H2,1H3,(H,23,24). The number of amides is 1. The van der Waals surface area contributed by atoms with Crippen LogP contribution >= 0.6 is 0 Å². The van der Waals surface area contributed by atoms with Crippen LogP contribution in [0.25, 0.3) is 11.4 Å². The van der Waals surface area contributed by atoms with Crippen molar-refractivity contribution in [3.8, 4) is 11.4 Å². The molecule has 0 fully saturated rings. The van der Waals surface area contributed by atoms with Crippen LogP contribution in [0.15, 0.2) is 67.0 Å². The van der Waals surface area contributed by atoms with Gasteiger partial charge in [0.05, 0.1) is 5.56 Å². The molecule has 26 heavy (non-hydrogen) atoms. The van der Waals surface area contributed by atoms with Crippen LogP contribution in [0.2, 0.25) is 0 Å². The fraction of sp³-hybridized carbons (Fsp3) is 0.100. The Hall–Kier alpha value is -3.54. The summed E-state index contributed by atoms with van der Waals surface area (Å²) in [6, 6.07) is 16.8. The van der Waals surface area contributed by atoms with E-state index in [0.717, 1.165) is 11.1 Å². The molecule has 0 aliphatic heterocycles. The maximum Gasteiger partial charge on any atom is 0.341 e. The fourth-order valence-corrected chi connectivity index (χ4v) is 2.28. The molecule has 130 valence electrons. The molecular weight excluding hydrogens is 330 g/mol. The minimum Gasteiger partial charge on any atom is -0.452 e. The minimum absolute atomic E-state index is 0.188. The zero-order chi connectivity index (χ0) is 18.4. The number of esters is 1. The Kier molecular flexibility index (Phi) is 5.34. The number of nitrogens with zero attached hydrogens (tertiary/aromatic N) is 2. The average molecular weight is 347 g/mol. The molecule has 6 heteroatoms. The highest BCUT2D eigenvalue weighted by atomic mass is 16.5. The number of hydrogen-bond acceptors (Lipinski definition) is 5. The number of nitrogens with one attached hydrogen (secondary N) is 1. The summed E-state index contributed by atoms with van der Waals surface area (Å²) in [6.07, 6.45) is 2.77. The van der Waals surface area contributed by atoms with E-state index < -0.39 is 11.9 Å². The minimum atomic E-state index is -0.649. The second kappa shape index (κ2) is 8.02. The number of hydrogen-bond donors (Lipinski definition) is 1. The lowest BCUT2D eigenvalue weighted by molar-refractivity contribution is -0.119. The van der Waals surface area contributed by atoms with Gasteiger partial charge in [-0.1, -0.05) is 48.5 Å². The molecule has 0 aliphatic carbocycles. The molecule has 6 nitrogen and oxygen atoms in total. The van der Waals surface area contributed by atoms with E-state index >= 15 is 0 Å². The van der Waals surface area contributed by atoms with Gasteiger partial charge in [0.15, 0.2) is 12.4 Å². The third-order valence-electron chi connectivity index (χ3n) is 3.67. The number of aryl methyl sites for hydroxylation is 1. The first-order chi connectivity index (χ1) is 12.6. The molecule has 3 aromatic rings. The van der Waals surface area contributed by atoms with Gasteiger partial charge in [0, 0.05) is 23.6 Å². The molecule has 1 aromatic heterocycles. The molecule has 3 rings (SSSR count). The summed E-state index contributed by atoms with van der Waals surface area (Å²) in [5, 5.41) is 2.70. The van der Waals surface area contributed by atoms with Gasteiger partial charge in [-0.25, -0.2) is 14.8 Å². The van der Waals surface area contributed by atoms with Crippen molar-refractivity contribution < 1.29 is 14.3 Å². The Morgan fingerprint density at radius 3 is 2.31 bits per heavy atom. The first kappa shape index (κ1) is 17.3. The Bertz CT molecular complexity index is 909. The number of rotatable bonds is 5. The van der Waals surface area contributed by atoms with E-state index in [2.05, 4.69) is 15.3 Å². The molecule has 2 aromatic carbocycles. The Labute approximate surface area is 150 Å². The molecule has 0 unspecified atom stereocenters. The van der Waals surface area contributed by atoms with Gasteiger partial charge in [-0.2, -0.15) is 0 Å². The van der Waals surface area contributed by atoms with Crippen molar-refractivity contribution in [2.75, 3.05) is 11.9 Å². The Balaban J connectivity index is 1.56. The smallest absolute Gasteiger partial charge is 0.341 e. The van der Waals surface area contributed by atoms with Gasteiger partial charge in [0.1, 0.15) is 0 Å². The van der Waals surface area contributed by atoms with Gasteiger partial charge in [0.25, 0.3) is 5.91 Å². The first-order valence-electron chi connectivity index (χ1n) is 8.03. The van der Waals surface area contributed by atoms with E-state index in [4.69, 9.17) is 4.74 Å². The molecule has 1 amide bonds. The Morgan fingerprint density at radius 2 is 1.62 bits per heavy atom. The van der Waals surface area contributed by atoms with Crippen LogP contribution in [-0.2, 0) is 9.53 Å². The quantitative estimate of drug-likeness (QED) is 0.717. The topological polar surface area (TPSA) is 81.2 Å². The molecule has 1 heterocycles. The molecule has 0 aliphatic rings. The molecule has 0 radical (unpaired) electrons. The van der Waals surface area contributed by atoms with E-state index in [0.29, 0.717) is 11.5 Å². The zero-order valence-corrected chi connectivity index (χ0v) is 14.2. The van der Waals surface area contributed by atoms with Gasteiger partial charge < -0.3 is 10.1 Å². The zero-order valence-electron chi connectivity index (χ0n) is 14.2. The highest BCUT2D eigenvalue weighted by molar-refractivity contribution is 5.95. The van der Waals surface area contributed by atoms with Crippen LogP contribution in [0.4, 0.5) is 5.69 Å². The summed E-state index contributed by atoms with van der Waals surface area (Å²) in [5.41, 5.74) is 2.65. The maximum atomic E-state index is 12.0. The monoisotopic (exact) mass is 347 g/mol. The number of para-hydroxylation sites is 1. The molecule has 0 saturated carbocycles. The summed E-state index contributed by atoms with van der Waals surface area (Å²) in [4.78, 5) is 32.3. The lowest BCUT2D eigenvalue weighted by Gasteiger charge is -2.08. The Morgan fingerprint density at radius 1 is 0.962 bits per heavy atom. The molecule has 0 bridgehead atoms. The van der Waals surface area contributed by atoms with Crippen LogP contribution in [-0.4, -0.2) is 28.5 Å². The van der Waals surface area contributed by atoms with E-state index in [9.17, 15) is 9.59 Å². The number of aromatic nitrogens is 2. The van der Waals surface area contributed by atoms with Crippen LogP contribution in [0, 0.1) is 6.92 Å². The number of carbonyl (C=O) groups excluding carboxylic acids is 2. The SMILES string of the molecule is Cc1ccccc1NC(=O)COC(=O)c1cnc(-c2ccccc2)nc1. The first-order valence-corrected chi connectivity index (χ1v) is 8.03. The van der Waals surface area contributed by atoms with Crippen LogP contribution in [0.1, 0.15) is 15.9 Å². The van der Waals surface area contributed by atoms with Crippen LogP contribution in [0.3, 0.4) is 0 Å². The third kappa shape index (κ3) is 4.30.